The first-order valence-corrected chi connectivity index (χ1v) is 7.09. The van der Waals surface area contributed by atoms with Gasteiger partial charge in [-0.15, -0.1) is 0 Å². The van der Waals surface area contributed by atoms with Gasteiger partial charge in [0.15, 0.2) is 0 Å². The van der Waals surface area contributed by atoms with Gasteiger partial charge in [-0.3, -0.25) is 9.69 Å². The Morgan fingerprint density at radius 3 is 2.78 bits per heavy atom. The van der Waals surface area contributed by atoms with Gasteiger partial charge in [-0.25, -0.2) is 0 Å². The number of hydrogen-bond donors (Lipinski definition) is 2. The largest absolute Gasteiger partial charge is 0.354 e. The number of nitrogens with two attached hydrogens (primary N) is 1. The van der Waals surface area contributed by atoms with Crippen LogP contribution in [0.1, 0.15) is 40.5 Å². The minimum atomic E-state index is -0.0962. The predicted octanol–water partition coefficient (Wildman–Crippen LogP) is 1.21. The lowest BCUT2D eigenvalue weighted by molar-refractivity contribution is -0.124. The summed E-state index contributed by atoms with van der Waals surface area (Å²) in [6.07, 6.45) is 2.58. The molecular weight excluding hydrogens is 226 g/mol. The van der Waals surface area contributed by atoms with Crippen LogP contribution in [0.4, 0.5) is 0 Å². The van der Waals surface area contributed by atoms with Crippen LogP contribution >= 0.6 is 0 Å². The third-order valence-corrected chi connectivity index (χ3v) is 4.01. The molecule has 4 nitrogen and oxygen atoms in total. The first kappa shape index (κ1) is 15.4. The second-order valence-electron chi connectivity index (χ2n) is 6.36. The summed E-state index contributed by atoms with van der Waals surface area (Å²) in [5.74, 6) is 0.730. The first-order chi connectivity index (χ1) is 8.36. The van der Waals surface area contributed by atoms with Gasteiger partial charge in [-0.05, 0) is 39.2 Å². The van der Waals surface area contributed by atoms with Crippen molar-refractivity contribution in [1.29, 1.82) is 0 Å². The van der Waals surface area contributed by atoms with Crippen molar-refractivity contribution in [2.45, 2.75) is 46.1 Å². The number of carbonyl (C=O) groups is 1. The second-order valence-corrected chi connectivity index (χ2v) is 6.36. The zero-order valence-electron chi connectivity index (χ0n) is 12.3. The standard InChI is InChI=1S/C14H29N3O/c1-11-6-5-7-17(9-11)14(3,4)10-16-13(18)12(2)8-15/h11-12H,5-10,15H2,1-4H3,(H,16,18). The molecule has 0 aromatic heterocycles. The van der Waals surface area contributed by atoms with E-state index >= 15 is 0 Å². The Morgan fingerprint density at radius 2 is 2.22 bits per heavy atom. The number of nitrogens with zero attached hydrogens (tertiary/aromatic N) is 1. The Morgan fingerprint density at radius 1 is 1.56 bits per heavy atom. The molecule has 1 saturated heterocycles. The molecule has 1 aliphatic rings. The fraction of sp³-hybridized carbons (Fsp3) is 0.929. The fourth-order valence-corrected chi connectivity index (χ4v) is 2.44. The lowest BCUT2D eigenvalue weighted by atomic mass is 9.93. The topological polar surface area (TPSA) is 58.4 Å². The zero-order valence-corrected chi connectivity index (χ0v) is 12.3. The van der Waals surface area contributed by atoms with E-state index in [2.05, 4.69) is 31.0 Å². The normalized spacial score (nSPS) is 23.7. The zero-order chi connectivity index (χ0) is 13.8. The second kappa shape index (κ2) is 6.53. The summed E-state index contributed by atoms with van der Waals surface area (Å²) >= 11 is 0. The average molecular weight is 255 g/mol. The molecule has 0 spiro atoms. The smallest absolute Gasteiger partial charge is 0.224 e. The molecule has 0 aromatic carbocycles. The Kier molecular flexibility index (Phi) is 5.60. The highest BCUT2D eigenvalue weighted by molar-refractivity contribution is 5.78. The van der Waals surface area contributed by atoms with Crippen LogP contribution in [0.25, 0.3) is 0 Å². The molecule has 3 N–H and O–H groups in total. The number of likely N-dealkylation sites (tertiary alicyclic amines) is 1. The Hall–Kier alpha value is -0.610. The maximum atomic E-state index is 11.8. The Balaban J connectivity index is 2.45. The monoisotopic (exact) mass is 255 g/mol. The number of nitrogens with one attached hydrogen (secondary N) is 1. The van der Waals surface area contributed by atoms with Crippen molar-refractivity contribution >= 4 is 5.91 Å². The summed E-state index contributed by atoms with van der Waals surface area (Å²) in [4.78, 5) is 14.3. The number of rotatable bonds is 5. The van der Waals surface area contributed by atoms with Gasteiger partial charge in [0.05, 0.1) is 0 Å². The van der Waals surface area contributed by atoms with Crippen molar-refractivity contribution in [2.75, 3.05) is 26.2 Å². The highest BCUT2D eigenvalue weighted by Gasteiger charge is 2.30. The molecule has 1 amide bonds. The lowest BCUT2D eigenvalue weighted by Gasteiger charge is -2.43. The predicted molar refractivity (Wildman–Crippen MR) is 75.3 cm³/mol. The van der Waals surface area contributed by atoms with E-state index in [1.807, 2.05) is 6.92 Å². The Bertz CT molecular complexity index is 278. The minimum Gasteiger partial charge on any atom is -0.354 e. The first-order valence-electron chi connectivity index (χ1n) is 7.09. The summed E-state index contributed by atoms with van der Waals surface area (Å²) in [7, 11) is 0. The van der Waals surface area contributed by atoms with Gasteiger partial charge in [0.25, 0.3) is 0 Å². The third kappa shape index (κ3) is 4.25. The Labute approximate surface area is 111 Å². The van der Waals surface area contributed by atoms with Gasteiger partial charge >= 0.3 is 0 Å². The number of piperidine rings is 1. The number of amides is 1. The van der Waals surface area contributed by atoms with E-state index in [0.717, 1.165) is 19.0 Å². The molecule has 0 aromatic rings. The van der Waals surface area contributed by atoms with Crippen LogP contribution in [0, 0.1) is 11.8 Å². The van der Waals surface area contributed by atoms with Crippen molar-refractivity contribution < 1.29 is 4.79 Å². The van der Waals surface area contributed by atoms with Crippen molar-refractivity contribution in [2.24, 2.45) is 17.6 Å². The van der Waals surface area contributed by atoms with Gasteiger partial charge in [-0.1, -0.05) is 13.8 Å². The molecule has 2 unspecified atom stereocenters. The summed E-state index contributed by atoms with van der Waals surface area (Å²) in [5, 5.41) is 3.03. The van der Waals surface area contributed by atoms with E-state index in [1.54, 1.807) is 0 Å². The summed E-state index contributed by atoms with van der Waals surface area (Å²) < 4.78 is 0. The van der Waals surface area contributed by atoms with E-state index in [-0.39, 0.29) is 17.4 Å². The molecule has 0 aliphatic carbocycles. The van der Waals surface area contributed by atoms with Crippen LogP contribution in [-0.4, -0.2) is 42.5 Å². The van der Waals surface area contributed by atoms with Crippen molar-refractivity contribution in [3.05, 3.63) is 0 Å². The highest BCUT2D eigenvalue weighted by Crippen LogP contribution is 2.23. The van der Waals surface area contributed by atoms with Gasteiger partial charge in [0.2, 0.25) is 5.91 Å². The number of hydrogen-bond acceptors (Lipinski definition) is 3. The SMILES string of the molecule is CC1CCCN(C(C)(C)CNC(=O)C(C)CN)C1. The molecule has 18 heavy (non-hydrogen) atoms. The quantitative estimate of drug-likeness (QED) is 0.776. The van der Waals surface area contributed by atoms with Crippen molar-refractivity contribution in [3.8, 4) is 0 Å². The molecule has 1 fully saturated rings. The van der Waals surface area contributed by atoms with Gasteiger partial charge in [-0.2, -0.15) is 0 Å². The van der Waals surface area contributed by atoms with Crippen LogP contribution in [0.15, 0.2) is 0 Å². The van der Waals surface area contributed by atoms with Crippen LogP contribution in [0.5, 0.6) is 0 Å². The minimum absolute atomic E-state index is 0.0264. The summed E-state index contributed by atoms with van der Waals surface area (Å²) in [6, 6.07) is 0. The molecule has 0 saturated carbocycles. The van der Waals surface area contributed by atoms with Crippen LogP contribution in [0.3, 0.4) is 0 Å². The maximum Gasteiger partial charge on any atom is 0.224 e. The molecule has 1 rings (SSSR count). The molecule has 0 radical (unpaired) electrons. The van der Waals surface area contributed by atoms with Gasteiger partial charge < -0.3 is 11.1 Å². The molecule has 1 aliphatic heterocycles. The number of carbonyl (C=O) groups excluding carboxylic acids is 1. The van der Waals surface area contributed by atoms with E-state index < -0.39 is 0 Å². The van der Waals surface area contributed by atoms with E-state index in [9.17, 15) is 4.79 Å². The van der Waals surface area contributed by atoms with Crippen LogP contribution < -0.4 is 11.1 Å². The molecule has 2 atom stereocenters. The molecule has 106 valence electrons. The van der Waals surface area contributed by atoms with E-state index in [4.69, 9.17) is 5.73 Å². The molecular formula is C14H29N3O. The maximum absolute atomic E-state index is 11.8. The fourth-order valence-electron chi connectivity index (χ4n) is 2.44. The molecule has 4 heteroatoms. The molecule has 0 bridgehead atoms. The highest BCUT2D eigenvalue weighted by atomic mass is 16.1. The lowest BCUT2D eigenvalue weighted by Crippen LogP contribution is -2.55. The van der Waals surface area contributed by atoms with Gasteiger partial charge in [0, 0.05) is 31.1 Å². The average Bonchev–Trinajstić information content (AvgIpc) is 2.35. The van der Waals surface area contributed by atoms with Crippen molar-refractivity contribution in [3.63, 3.8) is 0 Å². The molecule has 1 heterocycles. The van der Waals surface area contributed by atoms with Crippen molar-refractivity contribution in [1.82, 2.24) is 10.2 Å². The third-order valence-electron chi connectivity index (χ3n) is 4.01. The van der Waals surface area contributed by atoms with Crippen LogP contribution in [-0.2, 0) is 4.79 Å². The van der Waals surface area contributed by atoms with Gasteiger partial charge in [0.1, 0.15) is 0 Å². The van der Waals surface area contributed by atoms with E-state index in [0.29, 0.717) is 13.1 Å². The van der Waals surface area contributed by atoms with Crippen LogP contribution in [0.2, 0.25) is 0 Å². The summed E-state index contributed by atoms with van der Waals surface area (Å²) in [5.41, 5.74) is 5.53. The van der Waals surface area contributed by atoms with E-state index in [1.165, 1.54) is 12.8 Å². The summed E-state index contributed by atoms with van der Waals surface area (Å²) in [6.45, 7) is 12.0.